The van der Waals surface area contributed by atoms with E-state index in [1.165, 1.54) is 6.07 Å². The Bertz CT molecular complexity index is 1290. The molecule has 0 saturated heterocycles. The van der Waals surface area contributed by atoms with Gasteiger partial charge in [0.2, 0.25) is 0 Å². The Morgan fingerprint density at radius 3 is 2.70 bits per heavy atom. The Hall–Kier alpha value is -3.15. The van der Waals surface area contributed by atoms with Crippen molar-refractivity contribution >= 4 is 46.2 Å². The van der Waals surface area contributed by atoms with Gasteiger partial charge in [0.15, 0.2) is 0 Å². The highest BCUT2D eigenvalue weighted by molar-refractivity contribution is 6.42. The summed E-state index contributed by atoms with van der Waals surface area (Å²) in [5.74, 6) is -0.361. The molecular weight excluding hydrogens is 419 g/mol. The normalized spacial score (nSPS) is 11.3. The largest absolute Gasteiger partial charge is 0.318 e. The maximum Gasteiger partial charge on any atom is 0.271 e. The Morgan fingerprint density at radius 1 is 1.07 bits per heavy atom. The zero-order chi connectivity index (χ0) is 21.3. The molecule has 1 amide bonds. The van der Waals surface area contributed by atoms with Crippen molar-refractivity contribution in [2.45, 2.75) is 13.8 Å². The van der Waals surface area contributed by atoms with Crippen molar-refractivity contribution in [1.29, 1.82) is 0 Å². The number of fused-ring (bicyclic) bond motifs is 1. The zero-order valence-corrected chi connectivity index (χ0v) is 17.9. The van der Waals surface area contributed by atoms with Crippen LogP contribution < -0.4 is 5.43 Å². The van der Waals surface area contributed by atoms with Crippen LogP contribution in [0.15, 0.2) is 65.9 Å². The second-order valence-corrected chi connectivity index (χ2v) is 7.68. The summed E-state index contributed by atoms with van der Waals surface area (Å²) in [5.41, 5.74) is 7.90. The Balaban J connectivity index is 1.57. The molecule has 30 heavy (non-hydrogen) atoms. The lowest BCUT2D eigenvalue weighted by atomic mass is 10.2. The van der Waals surface area contributed by atoms with Gasteiger partial charge in [0, 0.05) is 39.8 Å². The number of aryl methyl sites for hydroxylation is 1. The molecule has 0 aliphatic rings. The maximum absolute atomic E-state index is 12.3. The van der Waals surface area contributed by atoms with Crippen molar-refractivity contribution in [3.8, 4) is 5.69 Å². The molecule has 0 unspecified atom stereocenters. The molecule has 2 heterocycles. The number of benzene rings is 2. The number of pyridine rings is 1. The summed E-state index contributed by atoms with van der Waals surface area (Å²) in [6, 6.07) is 16.8. The number of hydrogen-bond acceptors (Lipinski definition) is 3. The van der Waals surface area contributed by atoms with Gasteiger partial charge < -0.3 is 4.57 Å². The number of aromatic nitrogens is 2. The van der Waals surface area contributed by atoms with Gasteiger partial charge in [-0.25, -0.2) is 5.43 Å². The minimum Gasteiger partial charge on any atom is -0.318 e. The second-order valence-electron chi connectivity index (χ2n) is 6.87. The van der Waals surface area contributed by atoms with E-state index in [4.69, 9.17) is 23.2 Å². The first kappa shape index (κ1) is 20.1. The molecule has 4 rings (SSSR count). The smallest absolute Gasteiger partial charge is 0.271 e. The molecule has 0 radical (unpaired) electrons. The van der Waals surface area contributed by atoms with Crippen molar-refractivity contribution in [3.63, 3.8) is 0 Å². The van der Waals surface area contributed by atoms with E-state index in [1.807, 2.05) is 44.2 Å². The lowest BCUT2D eigenvalue weighted by Gasteiger charge is -2.10. The highest BCUT2D eigenvalue weighted by Crippen LogP contribution is 2.24. The van der Waals surface area contributed by atoms with E-state index < -0.39 is 0 Å². The van der Waals surface area contributed by atoms with Crippen molar-refractivity contribution < 1.29 is 4.79 Å². The Labute approximate surface area is 184 Å². The molecule has 2 aromatic heterocycles. The summed E-state index contributed by atoms with van der Waals surface area (Å²) >= 11 is 11.9. The zero-order valence-electron chi connectivity index (χ0n) is 16.4. The minimum absolute atomic E-state index is 0.322. The van der Waals surface area contributed by atoms with Gasteiger partial charge in [0.05, 0.1) is 21.8 Å². The first-order valence-electron chi connectivity index (χ1n) is 9.26. The van der Waals surface area contributed by atoms with Crippen LogP contribution in [0.4, 0.5) is 0 Å². The maximum atomic E-state index is 12.3. The summed E-state index contributed by atoms with van der Waals surface area (Å²) in [5, 5.41) is 5.90. The summed E-state index contributed by atoms with van der Waals surface area (Å²) in [4.78, 5) is 16.6. The van der Waals surface area contributed by atoms with Gasteiger partial charge in [-0.15, -0.1) is 0 Å². The fourth-order valence-corrected chi connectivity index (χ4v) is 3.68. The number of hydrazone groups is 1. The summed E-state index contributed by atoms with van der Waals surface area (Å²) in [7, 11) is 0. The lowest BCUT2D eigenvalue weighted by Crippen LogP contribution is -2.17. The minimum atomic E-state index is -0.361. The van der Waals surface area contributed by atoms with Gasteiger partial charge in [-0.2, -0.15) is 5.10 Å². The van der Waals surface area contributed by atoms with E-state index in [1.54, 1.807) is 24.5 Å². The molecule has 1 N–H and O–H groups in total. The number of halogens is 2. The first-order valence-corrected chi connectivity index (χ1v) is 10.0. The highest BCUT2D eigenvalue weighted by Gasteiger charge is 2.11. The van der Waals surface area contributed by atoms with Crippen molar-refractivity contribution in [3.05, 3.63) is 93.4 Å². The SMILES string of the molecule is Cc1cc(/C=N\NC(=O)c2ccc(Cl)c(Cl)c2)c(C)n1-c1ccc2ncccc2c1. The summed E-state index contributed by atoms with van der Waals surface area (Å²) in [6.07, 6.45) is 3.42. The van der Waals surface area contributed by atoms with Gasteiger partial charge in [-0.05, 0) is 62.4 Å². The van der Waals surface area contributed by atoms with Gasteiger partial charge in [-0.1, -0.05) is 29.3 Å². The van der Waals surface area contributed by atoms with Gasteiger partial charge in [0.25, 0.3) is 5.91 Å². The highest BCUT2D eigenvalue weighted by atomic mass is 35.5. The van der Waals surface area contributed by atoms with Crippen LogP contribution in [0.25, 0.3) is 16.6 Å². The number of carbonyl (C=O) groups is 1. The van der Waals surface area contributed by atoms with Crippen LogP contribution in [-0.2, 0) is 0 Å². The molecule has 4 aromatic rings. The molecule has 0 saturated carbocycles. The molecule has 0 atom stereocenters. The number of rotatable bonds is 4. The molecule has 150 valence electrons. The van der Waals surface area contributed by atoms with Gasteiger partial charge >= 0.3 is 0 Å². The van der Waals surface area contributed by atoms with Gasteiger partial charge in [0.1, 0.15) is 0 Å². The van der Waals surface area contributed by atoms with E-state index >= 15 is 0 Å². The van der Waals surface area contributed by atoms with Crippen LogP contribution in [-0.4, -0.2) is 21.7 Å². The second kappa shape index (κ2) is 8.30. The number of nitrogens with zero attached hydrogens (tertiary/aromatic N) is 3. The molecule has 2 aromatic carbocycles. The number of nitrogens with one attached hydrogen (secondary N) is 1. The fraction of sp³-hybridized carbons (Fsp3) is 0.0870. The predicted molar refractivity (Wildman–Crippen MR) is 122 cm³/mol. The number of hydrogen-bond donors (Lipinski definition) is 1. The molecule has 5 nitrogen and oxygen atoms in total. The van der Waals surface area contributed by atoms with Crippen molar-refractivity contribution in [1.82, 2.24) is 15.0 Å². The average molecular weight is 437 g/mol. The molecular formula is C23H18Cl2N4O. The van der Waals surface area contributed by atoms with E-state index in [-0.39, 0.29) is 5.91 Å². The van der Waals surface area contributed by atoms with E-state index in [9.17, 15) is 4.79 Å². The Kier molecular flexibility index (Phi) is 5.57. The van der Waals surface area contributed by atoms with Crippen LogP contribution in [0.2, 0.25) is 10.0 Å². The number of carbonyl (C=O) groups excluding carboxylic acids is 1. The topological polar surface area (TPSA) is 59.3 Å². The average Bonchev–Trinajstić information content (AvgIpc) is 3.02. The Morgan fingerprint density at radius 2 is 1.90 bits per heavy atom. The monoisotopic (exact) mass is 436 g/mol. The quantitative estimate of drug-likeness (QED) is 0.328. The van der Waals surface area contributed by atoms with Crippen LogP contribution in [0.5, 0.6) is 0 Å². The van der Waals surface area contributed by atoms with E-state index in [0.29, 0.717) is 15.6 Å². The van der Waals surface area contributed by atoms with Crippen LogP contribution in [0.1, 0.15) is 27.3 Å². The molecule has 0 fully saturated rings. The summed E-state index contributed by atoms with van der Waals surface area (Å²) < 4.78 is 2.15. The van der Waals surface area contributed by atoms with E-state index in [0.717, 1.165) is 33.5 Å². The van der Waals surface area contributed by atoms with E-state index in [2.05, 4.69) is 26.1 Å². The molecule has 0 spiro atoms. The molecule has 0 bridgehead atoms. The predicted octanol–water partition coefficient (Wildman–Crippen LogP) is 5.71. The third-order valence-corrected chi connectivity index (χ3v) is 5.61. The van der Waals surface area contributed by atoms with Crippen LogP contribution >= 0.6 is 23.2 Å². The summed E-state index contributed by atoms with van der Waals surface area (Å²) in [6.45, 7) is 4.05. The fourth-order valence-electron chi connectivity index (χ4n) is 3.38. The molecule has 0 aliphatic carbocycles. The van der Waals surface area contributed by atoms with Crippen LogP contribution in [0, 0.1) is 13.8 Å². The lowest BCUT2D eigenvalue weighted by molar-refractivity contribution is 0.0955. The van der Waals surface area contributed by atoms with Crippen molar-refractivity contribution in [2.24, 2.45) is 5.10 Å². The standard InChI is InChI=1S/C23H18Cl2N4O/c1-14-10-18(13-27-28-23(30)17-5-7-20(24)21(25)12-17)15(2)29(14)19-6-8-22-16(11-19)4-3-9-26-22/h3-13H,1-2H3,(H,28,30)/b27-13-. The van der Waals surface area contributed by atoms with Crippen LogP contribution in [0.3, 0.4) is 0 Å². The van der Waals surface area contributed by atoms with Gasteiger partial charge in [-0.3, -0.25) is 9.78 Å². The van der Waals surface area contributed by atoms with Crippen molar-refractivity contribution in [2.75, 3.05) is 0 Å². The first-order chi connectivity index (χ1) is 14.4. The third kappa shape index (κ3) is 3.95. The molecule has 7 heteroatoms. The third-order valence-electron chi connectivity index (χ3n) is 4.87. The number of amides is 1. The molecule has 0 aliphatic heterocycles.